The largest absolute Gasteiger partial charge is 0.490 e. The highest BCUT2D eigenvalue weighted by molar-refractivity contribution is 5.89. The number of unbranched alkanes of at least 4 members (excludes halogenated alkanes) is 1. The molecule has 190 valence electrons. The van der Waals surface area contributed by atoms with Crippen molar-refractivity contribution in [1.29, 1.82) is 0 Å². The number of anilines is 3. The minimum atomic E-state index is -0.589. The van der Waals surface area contributed by atoms with Crippen LogP contribution in [-0.4, -0.2) is 44.6 Å². The molecule has 1 saturated heterocycles. The molecule has 3 rings (SSSR count). The van der Waals surface area contributed by atoms with E-state index < -0.39 is 12.2 Å². The van der Waals surface area contributed by atoms with Crippen LogP contribution in [0, 0.1) is 6.92 Å². The Kier molecular flexibility index (Phi) is 10.1. The van der Waals surface area contributed by atoms with Gasteiger partial charge in [-0.25, -0.2) is 9.59 Å². The van der Waals surface area contributed by atoms with Crippen molar-refractivity contribution in [3.63, 3.8) is 0 Å². The smallest absolute Gasteiger partial charge is 0.411 e. The Morgan fingerprint density at radius 2 is 1.71 bits per heavy atom. The second-order valence-electron chi connectivity index (χ2n) is 8.79. The van der Waals surface area contributed by atoms with Gasteiger partial charge in [0.1, 0.15) is 19.0 Å². The molecule has 35 heavy (non-hydrogen) atoms. The molecule has 1 fully saturated rings. The quantitative estimate of drug-likeness (QED) is 0.383. The van der Waals surface area contributed by atoms with Crippen LogP contribution in [0.25, 0.3) is 0 Å². The lowest BCUT2D eigenvalue weighted by molar-refractivity contribution is 0.138. The van der Waals surface area contributed by atoms with E-state index in [-0.39, 0.29) is 13.2 Å². The van der Waals surface area contributed by atoms with Gasteiger partial charge in [0, 0.05) is 29.6 Å². The maximum atomic E-state index is 12.2. The average Bonchev–Trinajstić information content (AvgIpc) is 2.85. The van der Waals surface area contributed by atoms with Gasteiger partial charge in [-0.3, -0.25) is 10.6 Å². The van der Waals surface area contributed by atoms with Crippen LogP contribution >= 0.6 is 0 Å². The first-order chi connectivity index (χ1) is 17.0. The van der Waals surface area contributed by atoms with E-state index in [1.54, 1.807) is 18.2 Å². The fraction of sp³-hybridized carbons (Fsp3) is 0.481. The molecule has 2 aromatic rings. The third kappa shape index (κ3) is 8.38. The van der Waals surface area contributed by atoms with Crippen LogP contribution < -0.4 is 20.3 Å². The molecule has 8 nitrogen and oxygen atoms in total. The molecule has 1 atom stereocenters. The highest BCUT2D eigenvalue weighted by Gasteiger charge is 2.18. The summed E-state index contributed by atoms with van der Waals surface area (Å²) >= 11 is 0. The minimum absolute atomic E-state index is 0.109. The number of ether oxygens (including phenoxy) is 3. The summed E-state index contributed by atoms with van der Waals surface area (Å²) in [7, 11) is 0. The topological polar surface area (TPSA) is 89.1 Å². The number of nitrogens with one attached hydrogen (secondary N) is 2. The SMILES string of the molecule is CCCCOC(=O)Nc1ccc(C)c(NC(=O)OCCOc2ccc(N3CCCCC3C)cc2)c1. The average molecular weight is 484 g/mol. The number of benzene rings is 2. The van der Waals surface area contributed by atoms with Crippen molar-refractivity contribution in [3.8, 4) is 5.75 Å². The first kappa shape index (κ1) is 26.2. The summed E-state index contributed by atoms with van der Waals surface area (Å²) in [4.78, 5) is 26.5. The predicted octanol–water partition coefficient (Wildman–Crippen LogP) is 6.35. The van der Waals surface area contributed by atoms with Crippen LogP contribution in [0.1, 0.15) is 51.5 Å². The summed E-state index contributed by atoms with van der Waals surface area (Å²) in [5, 5.41) is 5.37. The van der Waals surface area contributed by atoms with Crippen molar-refractivity contribution in [2.75, 3.05) is 41.9 Å². The highest BCUT2D eigenvalue weighted by atomic mass is 16.6. The molecule has 0 saturated carbocycles. The summed E-state index contributed by atoms with van der Waals surface area (Å²) in [5.74, 6) is 0.739. The van der Waals surface area contributed by atoms with Gasteiger partial charge in [-0.2, -0.15) is 0 Å². The number of hydrogen-bond donors (Lipinski definition) is 2. The molecular weight excluding hydrogens is 446 g/mol. The summed E-state index contributed by atoms with van der Waals surface area (Å²) in [6, 6.07) is 13.8. The molecule has 2 N–H and O–H groups in total. The molecule has 0 spiro atoms. The van der Waals surface area contributed by atoms with Gasteiger partial charge in [-0.05, 0) is 81.5 Å². The molecule has 0 bridgehead atoms. The lowest BCUT2D eigenvalue weighted by atomic mass is 10.0. The molecule has 1 heterocycles. The Balaban J connectivity index is 1.40. The second kappa shape index (κ2) is 13.5. The zero-order valence-electron chi connectivity index (χ0n) is 21.0. The normalized spacial score (nSPS) is 15.3. The number of piperidine rings is 1. The van der Waals surface area contributed by atoms with E-state index in [1.165, 1.54) is 24.9 Å². The summed E-state index contributed by atoms with van der Waals surface area (Å²) in [6.45, 7) is 7.97. The maximum absolute atomic E-state index is 12.2. The number of carbonyl (C=O) groups excluding carboxylic acids is 2. The maximum Gasteiger partial charge on any atom is 0.411 e. The molecule has 1 unspecified atom stereocenters. The molecule has 1 aliphatic heterocycles. The van der Waals surface area contributed by atoms with Crippen LogP contribution in [-0.2, 0) is 9.47 Å². The number of amides is 2. The van der Waals surface area contributed by atoms with Gasteiger partial charge >= 0.3 is 12.2 Å². The standard InChI is InChI=1S/C27H37N3O5/c1-4-5-16-34-26(31)28-22-10-9-20(2)25(19-22)29-27(32)35-18-17-33-24-13-11-23(12-14-24)30-15-7-6-8-21(30)3/h9-14,19,21H,4-8,15-18H2,1-3H3,(H,28,31)(H,29,32). The van der Waals surface area contributed by atoms with E-state index in [9.17, 15) is 9.59 Å². The lowest BCUT2D eigenvalue weighted by Gasteiger charge is -2.35. The van der Waals surface area contributed by atoms with Crippen LogP contribution in [0.2, 0.25) is 0 Å². The number of aryl methyl sites for hydroxylation is 1. The van der Waals surface area contributed by atoms with Crippen molar-refractivity contribution in [2.24, 2.45) is 0 Å². The van der Waals surface area contributed by atoms with Gasteiger partial charge < -0.3 is 19.1 Å². The van der Waals surface area contributed by atoms with Gasteiger partial charge in [0.25, 0.3) is 0 Å². The van der Waals surface area contributed by atoms with Crippen molar-refractivity contribution in [3.05, 3.63) is 48.0 Å². The molecule has 0 aromatic heterocycles. The van der Waals surface area contributed by atoms with Crippen LogP contribution in [0.5, 0.6) is 5.75 Å². The zero-order valence-corrected chi connectivity index (χ0v) is 21.0. The third-order valence-electron chi connectivity index (χ3n) is 6.01. The fourth-order valence-corrected chi connectivity index (χ4v) is 3.95. The van der Waals surface area contributed by atoms with Gasteiger partial charge in [0.2, 0.25) is 0 Å². The number of carbonyl (C=O) groups is 2. The first-order valence-corrected chi connectivity index (χ1v) is 12.4. The van der Waals surface area contributed by atoms with E-state index in [1.807, 2.05) is 26.0 Å². The molecule has 8 heteroatoms. The molecule has 1 aliphatic rings. The highest BCUT2D eigenvalue weighted by Crippen LogP contribution is 2.26. The summed E-state index contributed by atoms with van der Waals surface area (Å²) in [5.41, 5.74) is 3.12. The van der Waals surface area contributed by atoms with E-state index in [0.717, 1.165) is 30.7 Å². The van der Waals surface area contributed by atoms with Crippen LogP contribution in [0.4, 0.5) is 26.7 Å². The number of rotatable bonds is 10. The Morgan fingerprint density at radius 1 is 0.971 bits per heavy atom. The Hall–Kier alpha value is -3.42. The molecule has 0 aliphatic carbocycles. The van der Waals surface area contributed by atoms with Gasteiger partial charge in [0.05, 0.1) is 6.61 Å². The molecule has 2 amide bonds. The van der Waals surface area contributed by atoms with Gasteiger partial charge in [-0.1, -0.05) is 19.4 Å². The van der Waals surface area contributed by atoms with E-state index in [4.69, 9.17) is 14.2 Å². The summed E-state index contributed by atoms with van der Waals surface area (Å²) in [6.07, 6.45) is 4.40. The lowest BCUT2D eigenvalue weighted by Crippen LogP contribution is -2.37. The van der Waals surface area contributed by atoms with Crippen molar-refractivity contribution < 1.29 is 23.8 Å². The molecular formula is C27H37N3O5. The second-order valence-corrected chi connectivity index (χ2v) is 8.79. The van der Waals surface area contributed by atoms with E-state index >= 15 is 0 Å². The fourth-order valence-electron chi connectivity index (χ4n) is 3.95. The molecule has 2 aromatic carbocycles. The third-order valence-corrected chi connectivity index (χ3v) is 6.01. The van der Waals surface area contributed by atoms with E-state index in [0.29, 0.717) is 24.0 Å². The Morgan fingerprint density at radius 3 is 2.46 bits per heavy atom. The first-order valence-electron chi connectivity index (χ1n) is 12.4. The van der Waals surface area contributed by atoms with Crippen molar-refractivity contribution in [1.82, 2.24) is 0 Å². The Bertz CT molecular complexity index is 964. The number of nitrogens with zero attached hydrogens (tertiary/aromatic N) is 1. The number of hydrogen-bond acceptors (Lipinski definition) is 6. The predicted molar refractivity (Wildman–Crippen MR) is 139 cm³/mol. The van der Waals surface area contributed by atoms with E-state index in [2.05, 4.69) is 34.6 Å². The monoisotopic (exact) mass is 483 g/mol. The Labute approximate surface area is 207 Å². The van der Waals surface area contributed by atoms with Crippen LogP contribution in [0.3, 0.4) is 0 Å². The van der Waals surface area contributed by atoms with Crippen molar-refractivity contribution >= 4 is 29.2 Å². The summed E-state index contributed by atoms with van der Waals surface area (Å²) < 4.78 is 16.1. The molecule has 0 radical (unpaired) electrons. The minimum Gasteiger partial charge on any atom is -0.490 e. The van der Waals surface area contributed by atoms with Gasteiger partial charge in [0.15, 0.2) is 0 Å². The van der Waals surface area contributed by atoms with Crippen molar-refractivity contribution in [2.45, 2.75) is 58.9 Å². The zero-order chi connectivity index (χ0) is 25.0. The van der Waals surface area contributed by atoms with Gasteiger partial charge in [-0.15, -0.1) is 0 Å². The van der Waals surface area contributed by atoms with Crippen LogP contribution in [0.15, 0.2) is 42.5 Å².